The molecule has 7 nitrogen and oxygen atoms in total. The Balaban J connectivity index is 2.50. The van der Waals surface area contributed by atoms with Gasteiger partial charge in [0.25, 0.3) is 10.0 Å². The van der Waals surface area contributed by atoms with E-state index in [0.717, 1.165) is 5.56 Å². The van der Waals surface area contributed by atoms with Crippen molar-refractivity contribution in [3.05, 3.63) is 47.5 Å². The molecule has 2 N–H and O–H groups in total. The molecule has 0 fully saturated rings. The van der Waals surface area contributed by atoms with Crippen molar-refractivity contribution in [3.8, 4) is 11.5 Å². The molecule has 25 heavy (non-hydrogen) atoms. The molecule has 0 radical (unpaired) electrons. The van der Waals surface area contributed by atoms with E-state index in [1.54, 1.807) is 19.1 Å². The molecule has 2 aromatic rings. The molecular weight excluding hydrogens is 346 g/mol. The second-order valence-corrected chi connectivity index (χ2v) is 6.89. The van der Waals surface area contributed by atoms with Crippen molar-refractivity contribution in [2.24, 2.45) is 0 Å². The van der Waals surface area contributed by atoms with Gasteiger partial charge in [-0.1, -0.05) is 17.7 Å². The zero-order chi connectivity index (χ0) is 18.6. The maximum absolute atomic E-state index is 12.5. The number of rotatable bonds is 7. The number of benzene rings is 2. The van der Waals surface area contributed by atoms with Gasteiger partial charge in [0.2, 0.25) is 0 Å². The molecule has 0 aromatic heterocycles. The van der Waals surface area contributed by atoms with Crippen LogP contribution in [0.1, 0.15) is 22.8 Å². The van der Waals surface area contributed by atoms with Crippen LogP contribution in [0, 0.1) is 6.92 Å². The topological polar surface area (TPSA) is 102 Å². The van der Waals surface area contributed by atoms with E-state index in [-0.39, 0.29) is 27.6 Å². The molecule has 0 aliphatic heterocycles. The Kier molecular flexibility index (Phi) is 5.53. The van der Waals surface area contributed by atoms with Crippen LogP contribution in [0.25, 0.3) is 0 Å². The Morgan fingerprint density at radius 1 is 1.16 bits per heavy atom. The Morgan fingerprint density at radius 3 is 2.32 bits per heavy atom. The number of carboxylic acids is 1. The molecule has 2 rings (SSSR count). The molecule has 0 spiro atoms. The average Bonchev–Trinajstić information content (AvgIpc) is 2.55. The number of hydrogen-bond donors (Lipinski definition) is 2. The smallest absolute Gasteiger partial charge is 0.337 e. The van der Waals surface area contributed by atoms with Crippen LogP contribution < -0.4 is 14.2 Å². The Hall–Kier alpha value is -2.74. The number of carboxylic acid groups (broad SMARTS) is 1. The van der Waals surface area contributed by atoms with Crippen LogP contribution in [0.2, 0.25) is 0 Å². The molecule has 0 aliphatic carbocycles. The Labute approximate surface area is 146 Å². The lowest BCUT2D eigenvalue weighted by Gasteiger charge is -2.15. The fraction of sp³-hybridized carbons (Fsp3) is 0.235. The zero-order valence-corrected chi connectivity index (χ0v) is 14.9. The van der Waals surface area contributed by atoms with Gasteiger partial charge >= 0.3 is 5.97 Å². The number of aromatic carboxylic acids is 1. The molecule has 0 unspecified atom stereocenters. The molecule has 8 heteroatoms. The van der Waals surface area contributed by atoms with E-state index in [1.165, 1.54) is 31.4 Å². The van der Waals surface area contributed by atoms with Gasteiger partial charge < -0.3 is 14.6 Å². The summed E-state index contributed by atoms with van der Waals surface area (Å²) in [7, 11) is -2.56. The Morgan fingerprint density at radius 2 is 1.80 bits per heavy atom. The van der Waals surface area contributed by atoms with E-state index in [0.29, 0.717) is 6.61 Å². The number of carbonyl (C=O) groups is 1. The number of sulfonamides is 1. The molecule has 0 aliphatic rings. The number of hydrogen-bond acceptors (Lipinski definition) is 5. The molecule has 0 atom stereocenters. The van der Waals surface area contributed by atoms with Gasteiger partial charge in [0.05, 0.1) is 29.9 Å². The van der Waals surface area contributed by atoms with Gasteiger partial charge in [0, 0.05) is 12.1 Å². The number of methoxy groups -OCH3 is 1. The van der Waals surface area contributed by atoms with Gasteiger partial charge in [0.1, 0.15) is 0 Å². The van der Waals surface area contributed by atoms with Crippen molar-refractivity contribution in [3.63, 3.8) is 0 Å². The first-order valence-electron chi connectivity index (χ1n) is 7.46. The van der Waals surface area contributed by atoms with E-state index in [4.69, 9.17) is 9.47 Å². The first kappa shape index (κ1) is 18.6. The van der Waals surface area contributed by atoms with Crippen LogP contribution in [0.3, 0.4) is 0 Å². The largest absolute Gasteiger partial charge is 0.493 e. The molecule has 0 heterocycles. The maximum Gasteiger partial charge on any atom is 0.337 e. The van der Waals surface area contributed by atoms with Gasteiger partial charge in [-0.3, -0.25) is 4.72 Å². The summed E-state index contributed by atoms with van der Waals surface area (Å²) in [5.74, 6) is -0.834. The predicted molar refractivity (Wildman–Crippen MR) is 93.1 cm³/mol. The van der Waals surface area contributed by atoms with Crippen molar-refractivity contribution in [2.75, 3.05) is 18.4 Å². The molecule has 2 aromatic carbocycles. The summed E-state index contributed by atoms with van der Waals surface area (Å²) >= 11 is 0. The van der Waals surface area contributed by atoms with Gasteiger partial charge in [-0.25, -0.2) is 13.2 Å². The summed E-state index contributed by atoms with van der Waals surface area (Å²) in [6.45, 7) is 3.89. The number of anilines is 1. The third-order valence-electron chi connectivity index (χ3n) is 3.41. The highest BCUT2D eigenvalue weighted by Gasteiger charge is 2.21. The first-order valence-corrected chi connectivity index (χ1v) is 8.94. The van der Waals surface area contributed by atoms with Crippen molar-refractivity contribution in [1.82, 2.24) is 0 Å². The monoisotopic (exact) mass is 365 g/mol. The van der Waals surface area contributed by atoms with Crippen molar-refractivity contribution in [2.45, 2.75) is 18.7 Å². The second kappa shape index (κ2) is 7.43. The third-order valence-corrected chi connectivity index (χ3v) is 4.79. The fourth-order valence-electron chi connectivity index (χ4n) is 2.17. The quantitative estimate of drug-likeness (QED) is 0.782. The normalized spacial score (nSPS) is 11.0. The predicted octanol–water partition coefficient (Wildman–Crippen LogP) is 2.90. The van der Waals surface area contributed by atoms with Crippen LogP contribution in [-0.2, 0) is 10.0 Å². The van der Waals surface area contributed by atoms with E-state index < -0.39 is 16.0 Å². The maximum atomic E-state index is 12.5. The van der Waals surface area contributed by atoms with Crippen LogP contribution in [0.5, 0.6) is 11.5 Å². The van der Waals surface area contributed by atoms with Crippen molar-refractivity contribution in [1.29, 1.82) is 0 Å². The summed E-state index contributed by atoms with van der Waals surface area (Å²) in [5.41, 5.74) is 0.571. The fourth-order valence-corrected chi connectivity index (χ4v) is 3.24. The highest BCUT2D eigenvalue weighted by molar-refractivity contribution is 7.92. The van der Waals surface area contributed by atoms with Crippen LogP contribution in [0.15, 0.2) is 41.3 Å². The Bertz CT molecular complexity index is 875. The lowest BCUT2D eigenvalue weighted by Crippen LogP contribution is -2.16. The third kappa shape index (κ3) is 4.21. The lowest BCUT2D eigenvalue weighted by atomic mass is 10.1. The second-order valence-electron chi connectivity index (χ2n) is 5.21. The van der Waals surface area contributed by atoms with Crippen LogP contribution in [0.4, 0.5) is 5.69 Å². The summed E-state index contributed by atoms with van der Waals surface area (Å²) < 4.78 is 37.8. The van der Waals surface area contributed by atoms with Crippen LogP contribution >= 0.6 is 0 Å². The molecular formula is C17H19NO6S. The molecule has 0 saturated carbocycles. The summed E-state index contributed by atoms with van der Waals surface area (Å²) in [6, 6.07) is 8.74. The molecule has 0 saturated heterocycles. The van der Waals surface area contributed by atoms with Crippen molar-refractivity contribution < 1.29 is 27.8 Å². The SMILES string of the molecule is CCOc1cc(C(=O)O)c(NS(=O)(=O)c2ccc(C)cc2)cc1OC. The van der Waals surface area contributed by atoms with E-state index in [1.807, 2.05) is 6.92 Å². The van der Waals surface area contributed by atoms with Gasteiger partial charge in [-0.05, 0) is 26.0 Å². The summed E-state index contributed by atoms with van der Waals surface area (Å²) in [5, 5.41) is 9.39. The standard InChI is InChI=1S/C17H19NO6S/c1-4-24-16-9-13(17(19)20)14(10-15(16)23-3)18-25(21,22)12-7-5-11(2)6-8-12/h5-10,18H,4H2,1-3H3,(H,19,20). The van der Waals surface area contributed by atoms with E-state index in [2.05, 4.69) is 4.72 Å². The minimum absolute atomic E-state index is 0.0299. The lowest BCUT2D eigenvalue weighted by molar-refractivity contribution is 0.0697. The number of ether oxygens (including phenoxy) is 2. The minimum atomic E-state index is -3.95. The average molecular weight is 365 g/mol. The highest BCUT2D eigenvalue weighted by Crippen LogP contribution is 2.34. The van der Waals surface area contributed by atoms with E-state index in [9.17, 15) is 18.3 Å². The minimum Gasteiger partial charge on any atom is -0.493 e. The van der Waals surface area contributed by atoms with Gasteiger partial charge in [-0.2, -0.15) is 0 Å². The van der Waals surface area contributed by atoms with Gasteiger partial charge in [0.15, 0.2) is 11.5 Å². The summed E-state index contributed by atoms with van der Waals surface area (Å²) in [6.07, 6.45) is 0. The van der Waals surface area contributed by atoms with E-state index >= 15 is 0 Å². The molecule has 0 bridgehead atoms. The van der Waals surface area contributed by atoms with Crippen molar-refractivity contribution >= 4 is 21.7 Å². The number of aryl methyl sites for hydroxylation is 1. The molecule has 134 valence electrons. The summed E-state index contributed by atoms with van der Waals surface area (Å²) in [4.78, 5) is 11.5. The van der Waals surface area contributed by atoms with Crippen LogP contribution in [-0.4, -0.2) is 33.2 Å². The highest BCUT2D eigenvalue weighted by atomic mass is 32.2. The molecule has 0 amide bonds. The first-order chi connectivity index (χ1) is 11.8. The number of nitrogens with one attached hydrogen (secondary N) is 1. The van der Waals surface area contributed by atoms with Gasteiger partial charge in [-0.15, -0.1) is 0 Å². The zero-order valence-electron chi connectivity index (χ0n) is 14.1.